The number of hydrogen-bond donors (Lipinski definition) is 1. The quantitative estimate of drug-likeness (QED) is 0.860. The van der Waals surface area contributed by atoms with Crippen molar-refractivity contribution in [2.24, 2.45) is 0 Å². The van der Waals surface area contributed by atoms with Crippen molar-refractivity contribution in [3.63, 3.8) is 0 Å². The fraction of sp³-hybridized carbons (Fsp3) is 0.176. The Hall–Kier alpha value is -2.40. The topological polar surface area (TPSA) is 55.4 Å². The fourth-order valence-corrected chi connectivity index (χ4v) is 2.09. The van der Waals surface area contributed by atoms with Gasteiger partial charge >= 0.3 is 5.97 Å². The number of halogens is 2. The van der Waals surface area contributed by atoms with Crippen LogP contribution in [-0.2, 0) is 9.53 Å². The van der Waals surface area contributed by atoms with Crippen molar-refractivity contribution in [1.82, 2.24) is 0 Å². The summed E-state index contributed by atoms with van der Waals surface area (Å²) in [5.74, 6) is -1.66. The molecule has 1 amide bonds. The van der Waals surface area contributed by atoms with E-state index in [1.165, 1.54) is 19.1 Å². The molecule has 0 saturated heterocycles. The number of esters is 1. The van der Waals surface area contributed by atoms with Crippen molar-refractivity contribution in [2.75, 3.05) is 5.32 Å². The normalized spacial score (nSPS) is 11.7. The van der Waals surface area contributed by atoms with E-state index < -0.39 is 23.8 Å². The van der Waals surface area contributed by atoms with E-state index in [4.69, 9.17) is 16.3 Å². The molecule has 0 saturated carbocycles. The van der Waals surface area contributed by atoms with Crippen molar-refractivity contribution in [1.29, 1.82) is 0 Å². The molecule has 0 fully saturated rings. The molecule has 0 aliphatic carbocycles. The zero-order valence-electron chi connectivity index (χ0n) is 12.6. The van der Waals surface area contributed by atoms with Gasteiger partial charge in [-0.25, -0.2) is 9.18 Å². The smallest absolute Gasteiger partial charge is 0.338 e. The van der Waals surface area contributed by atoms with E-state index in [-0.39, 0.29) is 10.7 Å². The minimum absolute atomic E-state index is 0.0653. The van der Waals surface area contributed by atoms with Crippen LogP contribution in [0.25, 0.3) is 0 Å². The van der Waals surface area contributed by atoms with E-state index in [1.54, 1.807) is 18.2 Å². The van der Waals surface area contributed by atoms with Crippen molar-refractivity contribution < 1.29 is 18.7 Å². The lowest BCUT2D eigenvalue weighted by Gasteiger charge is -2.14. The molecule has 0 aliphatic heterocycles. The van der Waals surface area contributed by atoms with Gasteiger partial charge in [0, 0.05) is 0 Å². The highest BCUT2D eigenvalue weighted by Gasteiger charge is 2.20. The summed E-state index contributed by atoms with van der Waals surface area (Å²) in [5, 5.41) is 2.56. The molecule has 6 heteroatoms. The average molecular weight is 336 g/mol. The van der Waals surface area contributed by atoms with Gasteiger partial charge in [0.15, 0.2) is 6.10 Å². The number of amides is 1. The highest BCUT2D eigenvalue weighted by atomic mass is 35.5. The van der Waals surface area contributed by atoms with Crippen LogP contribution in [0.5, 0.6) is 0 Å². The van der Waals surface area contributed by atoms with Gasteiger partial charge in [0.25, 0.3) is 5.91 Å². The van der Waals surface area contributed by atoms with E-state index in [0.29, 0.717) is 5.56 Å². The Morgan fingerprint density at radius 1 is 1.22 bits per heavy atom. The molecule has 4 nitrogen and oxygen atoms in total. The van der Waals surface area contributed by atoms with Crippen LogP contribution < -0.4 is 5.32 Å². The van der Waals surface area contributed by atoms with E-state index >= 15 is 0 Å². The second-order valence-electron chi connectivity index (χ2n) is 5.03. The Balaban J connectivity index is 2.01. The Kier molecular flexibility index (Phi) is 5.34. The van der Waals surface area contributed by atoms with Crippen molar-refractivity contribution >= 4 is 29.2 Å². The first-order valence-electron chi connectivity index (χ1n) is 6.90. The number of carbonyl (C=O) groups excluding carboxylic acids is 2. The molecular weight excluding hydrogens is 321 g/mol. The van der Waals surface area contributed by atoms with Gasteiger partial charge < -0.3 is 10.1 Å². The minimum atomic E-state index is -1.02. The predicted molar refractivity (Wildman–Crippen MR) is 86.1 cm³/mol. The molecule has 1 atom stereocenters. The molecular formula is C17H15ClFNO3. The van der Waals surface area contributed by atoms with Crippen LogP contribution in [0.1, 0.15) is 22.8 Å². The Morgan fingerprint density at radius 2 is 1.96 bits per heavy atom. The number of anilines is 1. The number of hydrogen-bond acceptors (Lipinski definition) is 3. The van der Waals surface area contributed by atoms with Crippen LogP contribution in [0.3, 0.4) is 0 Å². The SMILES string of the molecule is Cc1cccc(C(=O)O[C@H](C)C(=O)Nc2ccc(F)cc2Cl)c1. The third kappa shape index (κ3) is 4.53. The second kappa shape index (κ2) is 7.24. The summed E-state index contributed by atoms with van der Waals surface area (Å²) < 4.78 is 18.1. The van der Waals surface area contributed by atoms with Crippen molar-refractivity contribution in [3.05, 3.63) is 64.4 Å². The lowest BCUT2D eigenvalue weighted by Crippen LogP contribution is -2.30. The fourth-order valence-electron chi connectivity index (χ4n) is 1.88. The molecule has 0 heterocycles. The monoisotopic (exact) mass is 335 g/mol. The standard InChI is InChI=1S/C17H15ClFNO3/c1-10-4-3-5-12(8-10)17(22)23-11(2)16(21)20-15-7-6-13(19)9-14(15)18/h3-9,11H,1-2H3,(H,20,21)/t11-/m1/s1. The van der Waals surface area contributed by atoms with Gasteiger partial charge in [-0.1, -0.05) is 29.3 Å². The summed E-state index contributed by atoms with van der Waals surface area (Å²) in [4.78, 5) is 24.0. The maximum absolute atomic E-state index is 13.0. The summed E-state index contributed by atoms with van der Waals surface area (Å²) in [7, 11) is 0. The second-order valence-corrected chi connectivity index (χ2v) is 5.44. The molecule has 0 aliphatic rings. The molecule has 0 spiro atoms. The molecule has 23 heavy (non-hydrogen) atoms. The van der Waals surface area contributed by atoms with Gasteiger partial charge in [-0.2, -0.15) is 0 Å². The Morgan fingerprint density at radius 3 is 2.61 bits per heavy atom. The van der Waals surface area contributed by atoms with Crippen LogP contribution in [0.15, 0.2) is 42.5 Å². The lowest BCUT2D eigenvalue weighted by atomic mass is 10.1. The Labute approximate surface area is 138 Å². The zero-order chi connectivity index (χ0) is 17.0. The van der Waals surface area contributed by atoms with Crippen LogP contribution in [-0.4, -0.2) is 18.0 Å². The van der Waals surface area contributed by atoms with Crippen molar-refractivity contribution in [2.45, 2.75) is 20.0 Å². The molecule has 0 bridgehead atoms. The highest BCUT2D eigenvalue weighted by Crippen LogP contribution is 2.22. The summed E-state index contributed by atoms with van der Waals surface area (Å²) in [6, 6.07) is 10.5. The molecule has 2 rings (SSSR count). The number of carbonyl (C=O) groups is 2. The van der Waals surface area contributed by atoms with Crippen LogP contribution in [0.4, 0.5) is 10.1 Å². The van der Waals surface area contributed by atoms with Gasteiger partial charge in [0.1, 0.15) is 5.82 Å². The van der Waals surface area contributed by atoms with E-state index in [0.717, 1.165) is 11.6 Å². The van der Waals surface area contributed by atoms with E-state index in [1.807, 2.05) is 13.0 Å². The number of rotatable bonds is 4. The minimum Gasteiger partial charge on any atom is -0.449 e. The highest BCUT2D eigenvalue weighted by molar-refractivity contribution is 6.33. The van der Waals surface area contributed by atoms with E-state index in [2.05, 4.69) is 5.32 Å². The third-order valence-electron chi connectivity index (χ3n) is 3.10. The van der Waals surface area contributed by atoms with Crippen LogP contribution in [0.2, 0.25) is 5.02 Å². The molecule has 120 valence electrons. The maximum Gasteiger partial charge on any atom is 0.338 e. The summed E-state index contributed by atoms with van der Waals surface area (Å²) in [6.07, 6.45) is -1.02. The first-order chi connectivity index (χ1) is 10.9. The van der Waals surface area contributed by atoms with Crippen molar-refractivity contribution in [3.8, 4) is 0 Å². The lowest BCUT2D eigenvalue weighted by molar-refractivity contribution is -0.123. The molecule has 2 aromatic carbocycles. The molecule has 0 radical (unpaired) electrons. The molecule has 0 aromatic heterocycles. The largest absolute Gasteiger partial charge is 0.449 e. The number of benzene rings is 2. The maximum atomic E-state index is 13.0. The van der Waals surface area contributed by atoms with Gasteiger partial charge in [-0.3, -0.25) is 4.79 Å². The molecule has 1 N–H and O–H groups in total. The first kappa shape index (κ1) is 17.0. The summed E-state index contributed by atoms with van der Waals surface area (Å²) in [5.41, 5.74) is 1.52. The number of nitrogens with one attached hydrogen (secondary N) is 1. The first-order valence-corrected chi connectivity index (χ1v) is 7.28. The predicted octanol–water partition coefficient (Wildman–Crippen LogP) is 3.97. The summed E-state index contributed by atoms with van der Waals surface area (Å²) >= 11 is 5.83. The van der Waals surface area contributed by atoms with Crippen LogP contribution in [0, 0.1) is 12.7 Å². The van der Waals surface area contributed by atoms with Gasteiger partial charge in [0.2, 0.25) is 0 Å². The van der Waals surface area contributed by atoms with E-state index in [9.17, 15) is 14.0 Å². The number of aryl methyl sites for hydroxylation is 1. The third-order valence-corrected chi connectivity index (χ3v) is 3.41. The zero-order valence-corrected chi connectivity index (χ0v) is 13.4. The van der Waals surface area contributed by atoms with Gasteiger partial charge in [0.05, 0.1) is 16.3 Å². The summed E-state index contributed by atoms with van der Waals surface area (Å²) in [6.45, 7) is 3.30. The number of ether oxygens (including phenoxy) is 1. The average Bonchev–Trinajstić information content (AvgIpc) is 2.49. The van der Waals surface area contributed by atoms with Gasteiger partial charge in [-0.05, 0) is 44.2 Å². The Bertz CT molecular complexity index is 748. The van der Waals surface area contributed by atoms with Gasteiger partial charge in [-0.15, -0.1) is 0 Å². The van der Waals surface area contributed by atoms with Crippen LogP contribution >= 0.6 is 11.6 Å². The molecule has 0 unspecified atom stereocenters. The molecule has 2 aromatic rings.